The smallest absolute Gasteiger partial charge is 0.233 e. The van der Waals surface area contributed by atoms with Gasteiger partial charge in [0.2, 0.25) is 5.91 Å². The standard InChI is InChI=1S/C17H20N4O3/c1-2-15-18-16(20-19-15)14-9-21(7-8-23-14)17(22)12-10-24-13-6-4-3-5-11(12)13/h3-6,12,14H,2,7-10H2,1H3,(H,18,19,20)/t12-,14+/m0/s1. The summed E-state index contributed by atoms with van der Waals surface area (Å²) in [5.41, 5.74) is 0.969. The Balaban J connectivity index is 1.49. The molecule has 7 heteroatoms. The predicted molar refractivity (Wildman–Crippen MR) is 85.7 cm³/mol. The number of aromatic nitrogens is 3. The third kappa shape index (κ3) is 2.65. The van der Waals surface area contributed by atoms with Crippen LogP contribution < -0.4 is 4.74 Å². The van der Waals surface area contributed by atoms with Gasteiger partial charge in [0.25, 0.3) is 0 Å². The number of H-pyrrole nitrogens is 1. The number of carbonyl (C=O) groups excluding carboxylic acids is 1. The summed E-state index contributed by atoms with van der Waals surface area (Å²) in [7, 11) is 0. The third-order valence-electron chi connectivity index (χ3n) is 4.55. The molecule has 2 atom stereocenters. The lowest BCUT2D eigenvalue weighted by Gasteiger charge is -2.33. The van der Waals surface area contributed by atoms with Crippen LogP contribution in [0.25, 0.3) is 0 Å². The minimum atomic E-state index is -0.281. The van der Waals surface area contributed by atoms with Crippen molar-refractivity contribution in [1.82, 2.24) is 20.1 Å². The number of benzene rings is 1. The molecule has 1 aromatic heterocycles. The number of nitrogens with one attached hydrogen (secondary N) is 1. The van der Waals surface area contributed by atoms with Gasteiger partial charge in [0, 0.05) is 18.5 Å². The van der Waals surface area contributed by atoms with Crippen molar-refractivity contribution in [3.8, 4) is 5.75 Å². The lowest BCUT2D eigenvalue weighted by Crippen LogP contribution is -2.45. The molecule has 3 heterocycles. The molecule has 0 radical (unpaired) electrons. The van der Waals surface area contributed by atoms with Crippen molar-refractivity contribution in [3.63, 3.8) is 0 Å². The van der Waals surface area contributed by atoms with Crippen LogP contribution in [0, 0.1) is 0 Å². The topological polar surface area (TPSA) is 80.3 Å². The largest absolute Gasteiger partial charge is 0.492 e. The fourth-order valence-electron chi connectivity index (χ4n) is 3.21. The molecule has 2 aliphatic rings. The number of amides is 1. The lowest BCUT2D eigenvalue weighted by molar-refractivity contribution is -0.141. The highest BCUT2D eigenvalue weighted by atomic mass is 16.5. The normalized spacial score (nSPS) is 23.0. The first-order valence-corrected chi connectivity index (χ1v) is 8.29. The maximum atomic E-state index is 12.9. The van der Waals surface area contributed by atoms with Gasteiger partial charge in [0.1, 0.15) is 30.2 Å². The summed E-state index contributed by atoms with van der Waals surface area (Å²) < 4.78 is 11.4. The van der Waals surface area contributed by atoms with E-state index in [9.17, 15) is 4.79 Å². The Morgan fingerprint density at radius 3 is 3.12 bits per heavy atom. The number of hydrogen-bond acceptors (Lipinski definition) is 5. The zero-order chi connectivity index (χ0) is 16.5. The second-order valence-electron chi connectivity index (χ2n) is 6.04. The van der Waals surface area contributed by atoms with Gasteiger partial charge in [-0.15, -0.1) is 0 Å². The highest BCUT2D eigenvalue weighted by Crippen LogP contribution is 2.35. The summed E-state index contributed by atoms with van der Waals surface area (Å²) in [6.07, 6.45) is 0.510. The van der Waals surface area contributed by atoms with Gasteiger partial charge in [-0.05, 0) is 6.07 Å². The molecule has 0 bridgehead atoms. The van der Waals surface area contributed by atoms with E-state index in [1.165, 1.54) is 0 Å². The Hall–Kier alpha value is -2.41. The monoisotopic (exact) mass is 328 g/mol. The van der Waals surface area contributed by atoms with E-state index in [1.807, 2.05) is 36.1 Å². The van der Waals surface area contributed by atoms with Crippen molar-refractivity contribution in [2.24, 2.45) is 0 Å². The van der Waals surface area contributed by atoms with E-state index in [1.54, 1.807) is 0 Å². The Bertz CT molecular complexity index is 745. The molecule has 0 saturated carbocycles. The molecular formula is C17H20N4O3. The first-order valence-electron chi connectivity index (χ1n) is 8.29. The molecule has 126 valence electrons. The molecule has 0 aliphatic carbocycles. The van der Waals surface area contributed by atoms with Gasteiger partial charge in [0.15, 0.2) is 5.82 Å². The molecule has 0 unspecified atom stereocenters. The number of rotatable bonds is 3. The molecule has 24 heavy (non-hydrogen) atoms. The summed E-state index contributed by atoms with van der Waals surface area (Å²) in [5.74, 6) is 2.10. The van der Waals surface area contributed by atoms with E-state index in [4.69, 9.17) is 9.47 Å². The number of carbonyl (C=O) groups is 1. The van der Waals surface area contributed by atoms with E-state index in [2.05, 4.69) is 15.2 Å². The average Bonchev–Trinajstić information content (AvgIpc) is 3.28. The van der Waals surface area contributed by atoms with E-state index in [0.29, 0.717) is 32.1 Å². The number of nitrogens with zero attached hydrogens (tertiary/aromatic N) is 3. The molecule has 1 fully saturated rings. The Labute approximate surface area is 140 Å². The van der Waals surface area contributed by atoms with Gasteiger partial charge in [-0.2, -0.15) is 5.10 Å². The molecule has 1 N–H and O–H groups in total. The highest BCUT2D eigenvalue weighted by Gasteiger charge is 2.36. The Morgan fingerprint density at radius 1 is 1.42 bits per heavy atom. The minimum Gasteiger partial charge on any atom is -0.492 e. The molecular weight excluding hydrogens is 308 g/mol. The van der Waals surface area contributed by atoms with Crippen LogP contribution in [0.4, 0.5) is 0 Å². The molecule has 1 amide bonds. The molecule has 2 aromatic rings. The SMILES string of the molecule is CCc1nc([C@H]2CN(C(=O)[C@H]3COc4ccccc43)CCO2)n[nH]1. The van der Waals surface area contributed by atoms with E-state index in [0.717, 1.165) is 23.6 Å². The summed E-state index contributed by atoms with van der Waals surface area (Å²) in [6.45, 7) is 3.96. The van der Waals surface area contributed by atoms with Crippen LogP contribution in [-0.4, -0.2) is 52.3 Å². The summed E-state index contributed by atoms with van der Waals surface area (Å²) in [5, 5.41) is 7.11. The van der Waals surface area contributed by atoms with Gasteiger partial charge < -0.3 is 14.4 Å². The third-order valence-corrected chi connectivity index (χ3v) is 4.55. The van der Waals surface area contributed by atoms with Crippen LogP contribution in [0.2, 0.25) is 0 Å². The first kappa shape index (κ1) is 15.1. The molecule has 7 nitrogen and oxygen atoms in total. The van der Waals surface area contributed by atoms with Crippen molar-refractivity contribution in [1.29, 1.82) is 0 Å². The number of hydrogen-bond donors (Lipinski definition) is 1. The molecule has 1 saturated heterocycles. The van der Waals surface area contributed by atoms with Gasteiger partial charge >= 0.3 is 0 Å². The van der Waals surface area contributed by atoms with E-state index >= 15 is 0 Å². The highest BCUT2D eigenvalue weighted by molar-refractivity contribution is 5.85. The fourth-order valence-corrected chi connectivity index (χ4v) is 3.21. The number of fused-ring (bicyclic) bond motifs is 1. The second kappa shape index (κ2) is 6.24. The number of morpholine rings is 1. The second-order valence-corrected chi connectivity index (χ2v) is 6.04. The predicted octanol–water partition coefficient (Wildman–Crippen LogP) is 1.44. The number of para-hydroxylation sites is 1. The van der Waals surface area contributed by atoms with Crippen LogP contribution in [0.1, 0.15) is 36.2 Å². The Morgan fingerprint density at radius 2 is 2.29 bits per heavy atom. The molecule has 0 spiro atoms. The van der Waals surface area contributed by atoms with Crippen molar-refractivity contribution < 1.29 is 14.3 Å². The fraction of sp³-hybridized carbons (Fsp3) is 0.471. The van der Waals surface area contributed by atoms with E-state index < -0.39 is 0 Å². The zero-order valence-electron chi connectivity index (χ0n) is 13.6. The summed E-state index contributed by atoms with van der Waals surface area (Å²) >= 11 is 0. The number of aryl methyl sites for hydroxylation is 1. The maximum absolute atomic E-state index is 12.9. The molecule has 1 aromatic carbocycles. The van der Waals surface area contributed by atoms with Gasteiger partial charge in [-0.1, -0.05) is 25.1 Å². The van der Waals surface area contributed by atoms with Crippen molar-refractivity contribution in [2.45, 2.75) is 25.4 Å². The number of ether oxygens (including phenoxy) is 2. The average molecular weight is 328 g/mol. The van der Waals surface area contributed by atoms with Crippen LogP contribution >= 0.6 is 0 Å². The van der Waals surface area contributed by atoms with Crippen molar-refractivity contribution in [3.05, 3.63) is 41.5 Å². The maximum Gasteiger partial charge on any atom is 0.233 e. The molecule has 2 aliphatic heterocycles. The van der Waals surface area contributed by atoms with E-state index in [-0.39, 0.29) is 17.9 Å². The van der Waals surface area contributed by atoms with Crippen molar-refractivity contribution in [2.75, 3.05) is 26.3 Å². The van der Waals surface area contributed by atoms with Gasteiger partial charge in [0.05, 0.1) is 13.2 Å². The van der Waals surface area contributed by atoms with Gasteiger partial charge in [-0.3, -0.25) is 9.89 Å². The van der Waals surface area contributed by atoms with Crippen molar-refractivity contribution >= 4 is 5.91 Å². The van der Waals surface area contributed by atoms with Crippen LogP contribution in [0.5, 0.6) is 5.75 Å². The first-order chi connectivity index (χ1) is 11.8. The molecule has 4 rings (SSSR count). The van der Waals surface area contributed by atoms with Gasteiger partial charge in [-0.25, -0.2) is 4.98 Å². The lowest BCUT2D eigenvalue weighted by atomic mass is 9.99. The quantitative estimate of drug-likeness (QED) is 0.922. The van der Waals surface area contributed by atoms with Crippen LogP contribution in [-0.2, 0) is 16.0 Å². The zero-order valence-corrected chi connectivity index (χ0v) is 13.6. The summed E-state index contributed by atoms with van der Waals surface area (Å²) in [6, 6.07) is 7.73. The minimum absolute atomic E-state index is 0.0829. The number of aromatic amines is 1. The Kier molecular flexibility index (Phi) is 3.93. The van der Waals surface area contributed by atoms with Crippen LogP contribution in [0.3, 0.4) is 0 Å². The van der Waals surface area contributed by atoms with Crippen LogP contribution in [0.15, 0.2) is 24.3 Å². The summed E-state index contributed by atoms with van der Waals surface area (Å²) in [4.78, 5) is 19.2.